The molecule has 1 aromatic heterocycles. The average molecular weight is 234 g/mol. The van der Waals surface area contributed by atoms with Crippen molar-refractivity contribution in [1.82, 2.24) is 9.97 Å². The van der Waals surface area contributed by atoms with E-state index in [1.54, 1.807) is 0 Å². The highest BCUT2D eigenvalue weighted by Gasteiger charge is 2.02. The van der Waals surface area contributed by atoms with Gasteiger partial charge < -0.3 is 9.72 Å². The lowest BCUT2D eigenvalue weighted by atomic mass is 10.3. The highest BCUT2D eigenvalue weighted by molar-refractivity contribution is 5.26. The van der Waals surface area contributed by atoms with E-state index >= 15 is 0 Å². The molecule has 0 saturated carbocycles. The summed E-state index contributed by atoms with van der Waals surface area (Å²) in [6.07, 6.45) is 0.607. The lowest BCUT2D eigenvalue weighted by molar-refractivity contribution is 0.456. The number of rotatable bonds is 3. The van der Waals surface area contributed by atoms with Gasteiger partial charge in [0.15, 0.2) is 0 Å². The quantitative estimate of drug-likeness (QED) is 0.886. The fraction of sp³-hybridized carbons (Fsp3) is 0.167. The SMILES string of the molecule is CCc1nc(Oc2ccc(F)cc2)cc(=O)[nH]1. The van der Waals surface area contributed by atoms with Crippen LogP contribution < -0.4 is 10.3 Å². The minimum atomic E-state index is -0.342. The summed E-state index contributed by atoms with van der Waals surface area (Å²) in [6.45, 7) is 1.87. The number of nitrogens with zero attached hydrogens (tertiary/aromatic N) is 1. The average Bonchev–Trinajstić information content (AvgIpc) is 2.31. The van der Waals surface area contributed by atoms with Gasteiger partial charge in [-0.3, -0.25) is 4.79 Å². The molecule has 0 saturated heterocycles. The Hall–Kier alpha value is -2.17. The largest absolute Gasteiger partial charge is 0.439 e. The molecule has 5 heteroatoms. The fourth-order valence-corrected chi connectivity index (χ4v) is 1.33. The van der Waals surface area contributed by atoms with Gasteiger partial charge in [-0.15, -0.1) is 0 Å². The number of aryl methyl sites for hydroxylation is 1. The summed E-state index contributed by atoms with van der Waals surface area (Å²) in [5.41, 5.74) is -0.269. The van der Waals surface area contributed by atoms with E-state index in [0.29, 0.717) is 18.0 Å². The molecule has 1 aromatic carbocycles. The maximum atomic E-state index is 12.7. The van der Waals surface area contributed by atoms with Crippen molar-refractivity contribution < 1.29 is 9.13 Å². The molecule has 88 valence electrons. The second-order valence-electron chi connectivity index (χ2n) is 3.44. The van der Waals surface area contributed by atoms with Gasteiger partial charge in [0, 0.05) is 6.42 Å². The van der Waals surface area contributed by atoms with E-state index in [0.717, 1.165) is 0 Å². The first-order chi connectivity index (χ1) is 8.17. The third-order valence-electron chi connectivity index (χ3n) is 2.14. The van der Waals surface area contributed by atoms with Crippen LogP contribution in [0, 0.1) is 5.82 Å². The summed E-state index contributed by atoms with van der Waals surface area (Å²) in [5, 5.41) is 0. The van der Waals surface area contributed by atoms with Crippen LogP contribution in [0.15, 0.2) is 35.1 Å². The van der Waals surface area contributed by atoms with Gasteiger partial charge >= 0.3 is 0 Å². The van der Waals surface area contributed by atoms with E-state index in [1.807, 2.05) is 6.92 Å². The molecule has 2 rings (SSSR count). The van der Waals surface area contributed by atoms with Crippen LogP contribution in [0.2, 0.25) is 0 Å². The Morgan fingerprint density at radius 2 is 2.06 bits per heavy atom. The Morgan fingerprint density at radius 3 is 2.71 bits per heavy atom. The monoisotopic (exact) mass is 234 g/mol. The lowest BCUT2D eigenvalue weighted by Crippen LogP contribution is -2.10. The van der Waals surface area contributed by atoms with Gasteiger partial charge in [0.25, 0.3) is 5.56 Å². The van der Waals surface area contributed by atoms with Gasteiger partial charge in [-0.1, -0.05) is 6.92 Å². The number of halogens is 1. The zero-order chi connectivity index (χ0) is 12.3. The highest BCUT2D eigenvalue weighted by atomic mass is 19.1. The van der Waals surface area contributed by atoms with Gasteiger partial charge in [0.05, 0.1) is 6.07 Å². The van der Waals surface area contributed by atoms with Crippen molar-refractivity contribution in [3.05, 3.63) is 52.3 Å². The van der Waals surface area contributed by atoms with E-state index in [9.17, 15) is 9.18 Å². The van der Waals surface area contributed by atoms with Gasteiger partial charge in [0.2, 0.25) is 5.88 Å². The summed E-state index contributed by atoms with van der Waals surface area (Å²) in [5.74, 6) is 0.851. The van der Waals surface area contributed by atoms with Gasteiger partial charge in [-0.05, 0) is 24.3 Å². The highest BCUT2D eigenvalue weighted by Crippen LogP contribution is 2.18. The molecule has 2 aromatic rings. The predicted octanol–water partition coefficient (Wildman–Crippen LogP) is 2.26. The molecule has 0 bridgehead atoms. The lowest BCUT2D eigenvalue weighted by Gasteiger charge is -2.05. The summed E-state index contributed by atoms with van der Waals surface area (Å²) >= 11 is 0. The van der Waals surface area contributed by atoms with Crippen LogP contribution in [0.5, 0.6) is 11.6 Å². The van der Waals surface area contributed by atoms with E-state index in [2.05, 4.69) is 9.97 Å². The van der Waals surface area contributed by atoms with E-state index in [4.69, 9.17) is 4.74 Å². The summed E-state index contributed by atoms with van der Waals surface area (Å²) in [4.78, 5) is 18.0. The molecule has 0 amide bonds. The van der Waals surface area contributed by atoms with Crippen molar-refractivity contribution in [1.29, 1.82) is 0 Å². The molecular weight excluding hydrogens is 223 g/mol. The molecule has 1 N–H and O–H groups in total. The molecule has 0 atom stereocenters. The van der Waals surface area contributed by atoms with Crippen molar-refractivity contribution >= 4 is 0 Å². The zero-order valence-corrected chi connectivity index (χ0v) is 9.24. The zero-order valence-electron chi connectivity index (χ0n) is 9.24. The Labute approximate surface area is 97.1 Å². The standard InChI is InChI=1S/C12H11FN2O2/c1-2-10-14-11(16)7-12(15-10)17-9-5-3-8(13)4-6-9/h3-7H,2H2,1H3,(H,14,15,16). The molecule has 0 fully saturated rings. The van der Waals surface area contributed by atoms with E-state index in [1.165, 1.54) is 30.3 Å². The second-order valence-corrected chi connectivity index (χ2v) is 3.44. The molecular formula is C12H11FN2O2. The molecule has 0 aliphatic carbocycles. The van der Waals surface area contributed by atoms with Crippen LogP contribution in [0.4, 0.5) is 4.39 Å². The number of hydrogen-bond donors (Lipinski definition) is 1. The molecule has 4 nitrogen and oxygen atoms in total. The number of aromatic amines is 1. The number of nitrogens with one attached hydrogen (secondary N) is 1. The topological polar surface area (TPSA) is 55.0 Å². The number of hydrogen-bond acceptors (Lipinski definition) is 3. The van der Waals surface area contributed by atoms with Gasteiger partial charge in [-0.2, -0.15) is 4.98 Å². The summed E-state index contributed by atoms with van der Waals surface area (Å²) < 4.78 is 18.0. The Morgan fingerprint density at radius 1 is 1.35 bits per heavy atom. The van der Waals surface area contributed by atoms with Crippen LogP contribution in [0.3, 0.4) is 0 Å². The number of H-pyrrole nitrogens is 1. The smallest absolute Gasteiger partial charge is 0.254 e. The number of benzene rings is 1. The van der Waals surface area contributed by atoms with E-state index < -0.39 is 0 Å². The van der Waals surface area contributed by atoms with Crippen molar-refractivity contribution in [2.24, 2.45) is 0 Å². The molecule has 0 radical (unpaired) electrons. The maximum absolute atomic E-state index is 12.7. The van der Waals surface area contributed by atoms with Gasteiger partial charge in [0.1, 0.15) is 17.4 Å². The maximum Gasteiger partial charge on any atom is 0.254 e. The molecule has 17 heavy (non-hydrogen) atoms. The van der Waals surface area contributed by atoms with Gasteiger partial charge in [-0.25, -0.2) is 4.39 Å². The number of aromatic nitrogens is 2. The first-order valence-corrected chi connectivity index (χ1v) is 5.21. The minimum Gasteiger partial charge on any atom is -0.439 e. The molecule has 0 spiro atoms. The van der Waals surface area contributed by atoms with Crippen LogP contribution in [-0.4, -0.2) is 9.97 Å². The predicted molar refractivity (Wildman–Crippen MR) is 60.7 cm³/mol. The summed E-state index contributed by atoms with van der Waals surface area (Å²) in [7, 11) is 0. The third-order valence-corrected chi connectivity index (χ3v) is 2.14. The molecule has 1 heterocycles. The minimum absolute atomic E-state index is 0.206. The van der Waals surface area contributed by atoms with Crippen LogP contribution in [0.1, 0.15) is 12.7 Å². The molecule has 0 unspecified atom stereocenters. The van der Waals surface area contributed by atoms with Crippen molar-refractivity contribution in [3.8, 4) is 11.6 Å². The van der Waals surface area contributed by atoms with Crippen molar-refractivity contribution in [2.75, 3.05) is 0 Å². The van der Waals surface area contributed by atoms with E-state index in [-0.39, 0.29) is 17.3 Å². The fourth-order valence-electron chi connectivity index (χ4n) is 1.33. The Balaban J connectivity index is 2.26. The number of ether oxygens (including phenoxy) is 1. The molecule has 0 aliphatic heterocycles. The first kappa shape index (κ1) is 11.3. The van der Waals surface area contributed by atoms with Crippen molar-refractivity contribution in [2.45, 2.75) is 13.3 Å². The third kappa shape index (κ3) is 2.90. The normalized spacial score (nSPS) is 10.2. The molecule has 0 aliphatic rings. The first-order valence-electron chi connectivity index (χ1n) is 5.21. The van der Waals surface area contributed by atoms with Crippen LogP contribution >= 0.6 is 0 Å². The van der Waals surface area contributed by atoms with Crippen LogP contribution in [-0.2, 0) is 6.42 Å². The second kappa shape index (κ2) is 4.78. The Bertz CT molecular complexity index is 563. The summed E-state index contributed by atoms with van der Waals surface area (Å²) in [6, 6.07) is 6.77. The van der Waals surface area contributed by atoms with Crippen molar-refractivity contribution in [3.63, 3.8) is 0 Å². The Kier molecular flexibility index (Phi) is 3.18. The van der Waals surface area contributed by atoms with Crippen LogP contribution in [0.25, 0.3) is 0 Å².